The number of carbonyl (C=O) groups excluding carboxylic acids is 1. The minimum Gasteiger partial charge on any atom is -0.375 e. The molecule has 6 heteroatoms. The molecule has 2 N–H and O–H groups in total. The van der Waals surface area contributed by atoms with E-state index in [9.17, 15) is 4.79 Å². The third kappa shape index (κ3) is 2.65. The van der Waals surface area contributed by atoms with Gasteiger partial charge in [0.2, 0.25) is 0 Å². The van der Waals surface area contributed by atoms with Crippen molar-refractivity contribution in [1.82, 2.24) is 14.9 Å². The standard InChI is InChI=1S/C12H14N4OS/c1-8-10(18-12(13)15-8)11(17)16(2)7-9-4-3-5-14-6-9/h3-6H,7H2,1-2H3,(H2,13,15). The van der Waals surface area contributed by atoms with Gasteiger partial charge in [0.25, 0.3) is 5.91 Å². The van der Waals surface area contributed by atoms with Crippen molar-refractivity contribution in [3.8, 4) is 0 Å². The van der Waals surface area contributed by atoms with Gasteiger partial charge in [0.1, 0.15) is 4.88 Å². The van der Waals surface area contributed by atoms with Gasteiger partial charge in [-0.1, -0.05) is 17.4 Å². The van der Waals surface area contributed by atoms with Gasteiger partial charge in [-0.25, -0.2) is 4.98 Å². The lowest BCUT2D eigenvalue weighted by atomic mass is 10.2. The number of hydrogen-bond acceptors (Lipinski definition) is 5. The highest BCUT2D eigenvalue weighted by Gasteiger charge is 2.18. The predicted molar refractivity (Wildman–Crippen MR) is 71.3 cm³/mol. The molecule has 2 aromatic rings. The molecule has 94 valence electrons. The van der Waals surface area contributed by atoms with Gasteiger partial charge < -0.3 is 10.6 Å². The first kappa shape index (κ1) is 12.5. The molecule has 2 rings (SSSR count). The molecule has 0 aliphatic carbocycles. The normalized spacial score (nSPS) is 10.3. The Labute approximate surface area is 109 Å². The van der Waals surface area contributed by atoms with E-state index >= 15 is 0 Å². The molecule has 2 heterocycles. The fourth-order valence-electron chi connectivity index (χ4n) is 1.63. The summed E-state index contributed by atoms with van der Waals surface area (Å²) in [7, 11) is 1.75. The van der Waals surface area contributed by atoms with Crippen LogP contribution in [0.15, 0.2) is 24.5 Å². The van der Waals surface area contributed by atoms with Gasteiger partial charge in [-0.2, -0.15) is 0 Å². The fraction of sp³-hybridized carbons (Fsp3) is 0.250. The molecule has 0 saturated carbocycles. The van der Waals surface area contributed by atoms with E-state index in [1.807, 2.05) is 12.1 Å². The molecule has 0 fully saturated rings. The number of anilines is 1. The Morgan fingerprint density at radius 1 is 1.56 bits per heavy atom. The van der Waals surface area contributed by atoms with Crippen LogP contribution in [0.25, 0.3) is 0 Å². The summed E-state index contributed by atoms with van der Waals surface area (Å²) in [4.78, 5) is 22.5. The number of aryl methyl sites for hydroxylation is 1. The van der Waals surface area contributed by atoms with E-state index in [4.69, 9.17) is 5.73 Å². The van der Waals surface area contributed by atoms with Crippen molar-refractivity contribution in [2.24, 2.45) is 0 Å². The summed E-state index contributed by atoms with van der Waals surface area (Å²) in [6.07, 6.45) is 3.46. The predicted octanol–water partition coefficient (Wildman–Crippen LogP) is 1.70. The summed E-state index contributed by atoms with van der Waals surface area (Å²) < 4.78 is 0. The average molecular weight is 262 g/mol. The number of hydrogen-bond donors (Lipinski definition) is 1. The van der Waals surface area contributed by atoms with Crippen LogP contribution < -0.4 is 5.73 Å². The Morgan fingerprint density at radius 2 is 2.33 bits per heavy atom. The van der Waals surface area contributed by atoms with Gasteiger partial charge in [-0.15, -0.1) is 0 Å². The van der Waals surface area contributed by atoms with Crippen molar-refractivity contribution in [3.63, 3.8) is 0 Å². The Hall–Kier alpha value is -1.95. The third-order valence-electron chi connectivity index (χ3n) is 2.50. The molecule has 0 aliphatic rings. The second-order valence-corrected chi connectivity index (χ2v) is 5.02. The van der Waals surface area contributed by atoms with Crippen LogP contribution in [0.1, 0.15) is 20.9 Å². The van der Waals surface area contributed by atoms with E-state index < -0.39 is 0 Å². The molecule has 1 amide bonds. The maximum Gasteiger partial charge on any atom is 0.265 e. The fourth-order valence-corrected chi connectivity index (χ4v) is 2.45. The quantitative estimate of drug-likeness (QED) is 0.913. The maximum absolute atomic E-state index is 12.2. The zero-order valence-electron chi connectivity index (χ0n) is 10.3. The molecule has 0 bridgehead atoms. The molecule has 0 spiro atoms. The van der Waals surface area contributed by atoms with Gasteiger partial charge in [0, 0.05) is 26.0 Å². The Morgan fingerprint density at radius 3 is 2.89 bits per heavy atom. The molecule has 0 saturated heterocycles. The lowest BCUT2D eigenvalue weighted by Crippen LogP contribution is -2.26. The van der Waals surface area contributed by atoms with Crippen LogP contribution >= 0.6 is 11.3 Å². The number of rotatable bonds is 3. The van der Waals surface area contributed by atoms with E-state index in [-0.39, 0.29) is 5.91 Å². The van der Waals surface area contributed by atoms with Crippen LogP contribution in [0.5, 0.6) is 0 Å². The maximum atomic E-state index is 12.2. The van der Waals surface area contributed by atoms with Gasteiger partial charge in [0.05, 0.1) is 5.69 Å². The highest BCUT2D eigenvalue weighted by Crippen LogP contribution is 2.21. The summed E-state index contributed by atoms with van der Waals surface area (Å²) in [5.41, 5.74) is 7.27. The average Bonchev–Trinajstić information content (AvgIpc) is 2.68. The molecule has 0 aromatic carbocycles. The third-order valence-corrected chi connectivity index (χ3v) is 3.47. The molecule has 5 nitrogen and oxygen atoms in total. The van der Waals surface area contributed by atoms with Crippen LogP contribution in [0, 0.1) is 6.92 Å². The van der Waals surface area contributed by atoms with Crippen LogP contribution in [0.3, 0.4) is 0 Å². The van der Waals surface area contributed by atoms with Crippen LogP contribution in [-0.2, 0) is 6.54 Å². The first-order valence-electron chi connectivity index (χ1n) is 5.45. The zero-order valence-corrected chi connectivity index (χ0v) is 11.1. The number of nitrogens with two attached hydrogens (primary N) is 1. The van der Waals surface area contributed by atoms with Crippen molar-refractivity contribution in [3.05, 3.63) is 40.7 Å². The van der Waals surface area contributed by atoms with E-state index in [0.29, 0.717) is 22.2 Å². The number of nitrogen functional groups attached to an aromatic ring is 1. The van der Waals surface area contributed by atoms with Gasteiger partial charge in [-0.05, 0) is 18.6 Å². The van der Waals surface area contributed by atoms with Crippen molar-refractivity contribution < 1.29 is 4.79 Å². The number of amides is 1. The number of aromatic nitrogens is 2. The number of nitrogens with zero attached hydrogens (tertiary/aromatic N) is 3. The second-order valence-electron chi connectivity index (χ2n) is 3.99. The van der Waals surface area contributed by atoms with Crippen molar-refractivity contribution >= 4 is 22.4 Å². The minimum absolute atomic E-state index is 0.0643. The van der Waals surface area contributed by atoms with Gasteiger partial charge in [0.15, 0.2) is 5.13 Å². The largest absolute Gasteiger partial charge is 0.375 e. The summed E-state index contributed by atoms with van der Waals surface area (Å²) in [5.74, 6) is -0.0643. The number of thiazole rings is 1. The van der Waals surface area contributed by atoms with Crippen molar-refractivity contribution in [2.45, 2.75) is 13.5 Å². The summed E-state index contributed by atoms with van der Waals surface area (Å²) in [5, 5.41) is 0.422. The summed E-state index contributed by atoms with van der Waals surface area (Å²) >= 11 is 1.22. The number of carbonyl (C=O) groups is 1. The van der Waals surface area contributed by atoms with Crippen molar-refractivity contribution in [2.75, 3.05) is 12.8 Å². The zero-order chi connectivity index (χ0) is 13.1. The molecule has 0 unspecified atom stereocenters. The summed E-state index contributed by atoms with van der Waals surface area (Å²) in [6, 6.07) is 3.79. The molecule has 2 aromatic heterocycles. The van der Waals surface area contributed by atoms with E-state index in [1.165, 1.54) is 11.3 Å². The Balaban J connectivity index is 2.12. The molecule has 0 atom stereocenters. The first-order chi connectivity index (χ1) is 8.58. The molecular formula is C12H14N4OS. The Bertz CT molecular complexity index is 552. The SMILES string of the molecule is Cc1nc(N)sc1C(=O)N(C)Cc1cccnc1. The van der Waals surface area contributed by atoms with Crippen LogP contribution in [0.2, 0.25) is 0 Å². The monoisotopic (exact) mass is 262 g/mol. The van der Waals surface area contributed by atoms with Crippen LogP contribution in [-0.4, -0.2) is 27.8 Å². The van der Waals surface area contributed by atoms with E-state index in [2.05, 4.69) is 9.97 Å². The lowest BCUT2D eigenvalue weighted by Gasteiger charge is -2.16. The highest BCUT2D eigenvalue weighted by atomic mass is 32.1. The summed E-state index contributed by atoms with van der Waals surface area (Å²) in [6.45, 7) is 2.31. The van der Waals surface area contributed by atoms with Gasteiger partial charge in [-0.3, -0.25) is 9.78 Å². The van der Waals surface area contributed by atoms with E-state index in [1.54, 1.807) is 31.3 Å². The topological polar surface area (TPSA) is 72.1 Å². The molecule has 0 radical (unpaired) electrons. The number of pyridine rings is 1. The molecular weight excluding hydrogens is 248 g/mol. The van der Waals surface area contributed by atoms with Crippen molar-refractivity contribution in [1.29, 1.82) is 0 Å². The Kier molecular flexibility index (Phi) is 3.57. The second kappa shape index (κ2) is 5.14. The smallest absolute Gasteiger partial charge is 0.265 e. The first-order valence-corrected chi connectivity index (χ1v) is 6.27. The highest BCUT2D eigenvalue weighted by molar-refractivity contribution is 7.17. The molecule has 0 aliphatic heterocycles. The lowest BCUT2D eigenvalue weighted by molar-refractivity contribution is 0.0789. The minimum atomic E-state index is -0.0643. The molecule has 18 heavy (non-hydrogen) atoms. The van der Waals surface area contributed by atoms with E-state index in [0.717, 1.165) is 5.56 Å². The van der Waals surface area contributed by atoms with Crippen LogP contribution in [0.4, 0.5) is 5.13 Å². The van der Waals surface area contributed by atoms with Gasteiger partial charge >= 0.3 is 0 Å².